The Morgan fingerprint density at radius 1 is 1.14 bits per heavy atom. The molecule has 0 bridgehead atoms. The van der Waals surface area contributed by atoms with Crippen LogP contribution in [0.4, 0.5) is 0 Å². The topological polar surface area (TPSA) is 44.7 Å². The van der Waals surface area contributed by atoms with Crippen LogP contribution in [0.1, 0.15) is 25.7 Å². The molecule has 1 fully saturated rings. The molecule has 1 aliphatic rings. The second-order valence-corrected chi connectivity index (χ2v) is 5.74. The first-order chi connectivity index (χ1) is 10.3. The summed E-state index contributed by atoms with van der Waals surface area (Å²) >= 11 is 0. The van der Waals surface area contributed by atoms with Crippen LogP contribution in [0.15, 0.2) is 30.3 Å². The van der Waals surface area contributed by atoms with Crippen molar-refractivity contribution in [3.8, 4) is 5.75 Å². The van der Waals surface area contributed by atoms with Gasteiger partial charge in [0.2, 0.25) is 0 Å². The number of para-hydroxylation sites is 1. The first kappa shape index (κ1) is 16.3. The van der Waals surface area contributed by atoms with Crippen LogP contribution in [0, 0.1) is 0 Å². The minimum atomic E-state index is -0.458. The normalized spacial score (nSPS) is 17.6. The molecule has 1 aliphatic heterocycles. The fourth-order valence-electron chi connectivity index (χ4n) is 2.65. The van der Waals surface area contributed by atoms with Crippen LogP contribution < -0.4 is 10.1 Å². The van der Waals surface area contributed by atoms with Crippen molar-refractivity contribution in [2.24, 2.45) is 0 Å². The Balaban J connectivity index is 1.46. The van der Waals surface area contributed by atoms with Crippen molar-refractivity contribution in [2.75, 3.05) is 39.3 Å². The molecule has 0 saturated carbocycles. The van der Waals surface area contributed by atoms with E-state index in [9.17, 15) is 5.11 Å². The molecule has 0 radical (unpaired) electrons. The Bertz CT molecular complexity index is 366. The molecule has 1 heterocycles. The molecule has 0 aliphatic carbocycles. The Kier molecular flexibility index (Phi) is 7.57. The van der Waals surface area contributed by atoms with E-state index in [2.05, 4.69) is 10.2 Å². The summed E-state index contributed by atoms with van der Waals surface area (Å²) in [6, 6.07) is 9.62. The summed E-state index contributed by atoms with van der Waals surface area (Å²) in [6.45, 7) is 5.57. The average Bonchev–Trinajstić information content (AvgIpc) is 2.54. The second kappa shape index (κ2) is 9.77. The summed E-state index contributed by atoms with van der Waals surface area (Å²) in [5, 5.41) is 13.2. The van der Waals surface area contributed by atoms with Gasteiger partial charge in [-0.2, -0.15) is 0 Å². The molecule has 21 heavy (non-hydrogen) atoms. The summed E-state index contributed by atoms with van der Waals surface area (Å²) in [5.74, 6) is 0.807. The van der Waals surface area contributed by atoms with Crippen molar-refractivity contribution >= 4 is 0 Å². The Hall–Kier alpha value is -1.10. The van der Waals surface area contributed by atoms with Gasteiger partial charge in [-0.25, -0.2) is 0 Å². The van der Waals surface area contributed by atoms with E-state index in [1.807, 2.05) is 30.3 Å². The van der Waals surface area contributed by atoms with E-state index in [0.717, 1.165) is 18.7 Å². The molecule has 1 aromatic carbocycles. The Morgan fingerprint density at radius 2 is 1.90 bits per heavy atom. The van der Waals surface area contributed by atoms with Gasteiger partial charge in [0.25, 0.3) is 0 Å². The molecule has 4 heteroatoms. The molecule has 1 atom stereocenters. The number of hydrogen-bond donors (Lipinski definition) is 2. The van der Waals surface area contributed by atoms with Crippen LogP contribution in [0.5, 0.6) is 5.75 Å². The predicted octanol–water partition coefficient (Wildman–Crippen LogP) is 1.89. The van der Waals surface area contributed by atoms with E-state index in [-0.39, 0.29) is 0 Å². The molecule has 0 unspecified atom stereocenters. The van der Waals surface area contributed by atoms with Crippen molar-refractivity contribution in [3.05, 3.63) is 30.3 Å². The van der Waals surface area contributed by atoms with Crippen LogP contribution in [0.3, 0.4) is 0 Å². The van der Waals surface area contributed by atoms with E-state index in [0.29, 0.717) is 13.2 Å². The fraction of sp³-hybridized carbons (Fsp3) is 0.647. The van der Waals surface area contributed by atoms with E-state index in [1.54, 1.807) is 0 Å². The van der Waals surface area contributed by atoms with Crippen LogP contribution in [0.25, 0.3) is 0 Å². The van der Waals surface area contributed by atoms with Gasteiger partial charge in [0.1, 0.15) is 18.5 Å². The van der Waals surface area contributed by atoms with Gasteiger partial charge in [-0.05, 0) is 57.6 Å². The minimum absolute atomic E-state index is 0.336. The number of hydrogen-bond acceptors (Lipinski definition) is 4. The lowest BCUT2D eigenvalue weighted by atomic mass is 10.1. The summed E-state index contributed by atoms with van der Waals surface area (Å²) in [7, 11) is 0. The van der Waals surface area contributed by atoms with Gasteiger partial charge in [0, 0.05) is 6.54 Å². The first-order valence-corrected chi connectivity index (χ1v) is 8.13. The van der Waals surface area contributed by atoms with Crippen molar-refractivity contribution in [1.29, 1.82) is 0 Å². The van der Waals surface area contributed by atoms with E-state index >= 15 is 0 Å². The summed E-state index contributed by atoms with van der Waals surface area (Å²) < 4.78 is 5.52. The number of aliphatic hydroxyl groups is 1. The summed E-state index contributed by atoms with van der Waals surface area (Å²) in [6.07, 6.45) is 4.78. The largest absolute Gasteiger partial charge is 0.491 e. The van der Waals surface area contributed by atoms with E-state index in [1.165, 1.54) is 38.9 Å². The van der Waals surface area contributed by atoms with Crippen LogP contribution in [0.2, 0.25) is 0 Å². The molecular weight excluding hydrogens is 264 g/mol. The standard InChI is InChI=1S/C17H28N2O2/c20-16(15-21-17-8-3-1-4-9-17)14-18-10-7-13-19-11-5-2-6-12-19/h1,3-4,8-9,16,18,20H,2,5-7,10-15H2/t16-/m1/s1. The van der Waals surface area contributed by atoms with Gasteiger partial charge < -0.3 is 20.1 Å². The van der Waals surface area contributed by atoms with Gasteiger partial charge in [-0.1, -0.05) is 24.6 Å². The minimum Gasteiger partial charge on any atom is -0.491 e. The van der Waals surface area contributed by atoms with Crippen molar-refractivity contribution in [2.45, 2.75) is 31.8 Å². The van der Waals surface area contributed by atoms with E-state index < -0.39 is 6.10 Å². The van der Waals surface area contributed by atoms with Crippen molar-refractivity contribution in [3.63, 3.8) is 0 Å². The summed E-state index contributed by atoms with van der Waals surface area (Å²) in [5.41, 5.74) is 0. The van der Waals surface area contributed by atoms with Gasteiger partial charge in [-0.15, -0.1) is 0 Å². The number of ether oxygens (including phenoxy) is 1. The molecule has 1 saturated heterocycles. The lowest BCUT2D eigenvalue weighted by Crippen LogP contribution is -2.35. The number of nitrogens with zero attached hydrogens (tertiary/aromatic N) is 1. The van der Waals surface area contributed by atoms with Crippen LogP contribution in [-0.2, 0) is 0 Å². The molecule has 0 aromatic heterocycles. The number of nitrogens with one attached hydrogen (secondary N) is 1. The molecule has 4 nitrogen and oxygen atoms in total. The number of piperidine rings is 1. The maximum atomic E-state index is 9.86. The zero-order valence-electron chi connectivity index (χ0n) is 12.8. The fourth-order valence-corrected chi connectivity index (χ4v) is 2.65. The monoisotopic (exact) mass is 292 g/mol. The zero-order chi connectivity index (χ0) is 14.8. The molecule has 2 N–H and O–H groups in total. The first-order valence-electron chi connectivity index (χ1n) is 8.13. The molecule has 1 aromatic rings. The Morgan fingerprint density at radius 3 is 2.67 bits per heavy atom. The SMILES string of the molecule is O[C@H](CNCCCN1CCCCC1)COc1ccccc1. The van der Waals surface area contributed by atoms with Gasteiger partial charge in [0.05, 0.1) is 0 Å². The van der Waals surface area contributed by atoms with Crippen molar-refractivity contribution in [1.82, 2.24) is 10.2 Å². The van der Waals surface area contributed by atoms with Gasteiger partial charge in [-0.3, -0.25) is 0 Å². The second-order valence-electron chi connectivity index (χ2n) is 5.74. The summed E-state index contributed by atoms with van der Waals surface area (Å²) in [4.78, 5) is 2.54. The quantitative estimate of drug-likeness (QED) is 0.682. The van der Waals surface area contributed by atoms with Crippen LogP contribution >= 0.6 is 0 Å². The Labute approximate surface area is 128 Å². The van der Waals surface area contributed by atoms with E-state index in [4.69, 9.17) is 4.74 Å². The smallest absolute Gasteiger partial charge is 0.119 e. The third-order valence-electron chi connectivity index (χ3n) is 3.84. The third kappa shape index (κ3) is 6.93. The maximum Gasteiger partial charge on any atom is 0.119 e. The predicted molar refractivity (Wildman–Crippen MR) is 85.7 cm³/mol. The lowest BCUT2D eigenvalue weighted by Gasteiger charge is -2.26. The zero-order valence-corrected chi connectivity index (χ0v) is 12.8. The molecule has 118 valence electrons. The van der Waals surface area contributed by atoms with Gasteiger partial charge in [0.15, 0.2) is 0 Å². The highest BCUT2D eigenvalue weighted by Gasteiger charge is 2.09. The average molecular weight is 292 g/mol. The number of benzene rings is 1. The molecule has 2 rings (SSSR count). The van der Waals surface area contributed by atoms with Gasteiger partial charge >= 0.3 is 0 Å². The lowest BCUT2D eigenvalue weighted by molar-refractivity contribution is 0.106. The molecule has 0 spiro atoms. The number of likely N-dealkylation sites (tertiary alicyclic amines) is 1. The molecular formula is C17H28N2O2. The highest BCUT2D eigenvalue weighted by Crippen LogP contribution is 2.09. The highest BCUT2D eigenvalue weighted by atomic mass is 16.5. The number of rotatable bonds is 9. The number of aliphatic hydroxyl groups excluding tert-OH is 1. The van der Waals surface area contributed by atoms with Crippen LogP contribution in [-0.4, -0.2) is 55.4 Å². The van der Waals surface area contributed by atoms with Crippen molar-refractivity contribution < 1.29 is 9.84 Å². The highest BCUT2D eigenvalue weighted by molar-refractivity contribution is 5.20. The molecule has 0 amide bonds. The third-order valence-corrected chi connectivity index (χ3v) is 3.84. The maximum absolute atomic E-state index is 9.86.